The molecule has 1 fully saturated rings. The molecule has 0 bridgehead atoms. The van der Waals surface area contributed by atoms with Crippen LogP contribution in [0, 0.1) is 24.2 Å². The van der Waals surface area contributed by atoms with Crippen molar-refractivity contribution in [2.45, 2.75) is 38.1 Å². The molecule has 0 aliphatic heterocycles. The molecule has 3 heteroatoms. The quantitative estimate of drug-likeness (QED) is 0.894. The first-order valence-corrected chi connectivity index (χ1v) is 7.49. The number of nitriles is 1. The van der Waals surface area contributed by atoms with E-state index in [1.165, 1.54) is 11.3 Å². The molecule has 2 unspecified atom stereocenters. The average molecular weight is 271 g/mol. The van der Waals surface area contributed by atoms with Crippen molar-refractivity contribution in [2.24, 2.45) is 5.92 Å². The van der Waals surface area contributed by atoms with Gasteiger partial charge in [0.1, 0.15) is 5.54 Å². The van der Waals surface area contributed by atoms with Gasteiger partial charge in [-0.25, -0.2) is 0 Å². The second-order valence-corrected chi connectivity index (χ2v) is 5.97. The first kappa shape index (κ1) is 14.9. The van der Waals surface area contributed by atoms with Crippen molar-refractivity contribution in [1.82, 2.24) is 5.32 Å². The summed E-state index contributed by atoms with van der Waals surface area (Å²) in [5.41, 5.74) is 2.25. The van der Waals surface area contributed by atoms with E-state index < -0.39 is 0 Å². The number of nitrogens with zero attached hydrogens (tertiary/aromatic N) is 2. The Morgan fingerprint density at radius 3 is 2.95 bits per heavy atom. The van der Waals surface area contributed by atoms with Crippen LogP contribution in [0.1, 0.15) is 31.2 Å². The Kier molecular flexibility index (Phi) is 4.67. The lowest BCUT2D eigenvalue weighted by atomic mass is 9.86. The minimum atomic E-state index is -0.298. The third-order valence-corrected chi connectivity index (χ3v) is 4.72. The highest BCUT2D eigenvalue weighted by atomic mass is 15.1. The predicted octanol–water partition coefficient (Wildman–Crippen LogP) is 3.10. The van der Waals surface area contributed by atoms with Gasteiger partial charge < -0.3 is 10.2 Å². The van der Waals surface area contributed by atoms with Crippen molar-refractivity contribution < 1.29 is 0 Å². The van der Waals surface area contributed by atoms with Crippen molar-refractivity contribution in [2.75, 3.05) is 25.5 Å². The molecule has 0 amide bonds. The van der Waals surface area contributed by atoms with Crippen molar-refractivity contribution in [3.63, 3.8) is 0 Å². The molecule has 2 atom stereocenters. The third kappa shape index (κ3) is 2.96. The number of hydrogen-bond donors (Lipinski definition) is 1. The van der Waals surface area contributed by atoms with Crippen molar-refractivity contribution in [1.29, 1.82) is 5.26 Å². The Morgan fingerprint density at radius 2 is 2.30 bits per heavy atom. The summed E-state index contributed by atoms with van der Waals surface area (Å²) < 4.78 is 0. The van der Waals surface area contributed by atoms with E-state index in [0.717, 1.165) is 32.2 Å². The lowest BCUT2D eigenvalue weighted by Crippen LogP contribution is -2.45. The molecule has 1 aromatic rings. The molecule has 1 aliphatic rings. The van der Waals surface area contributed by atoms with E-state index in [9.17, 15) is 5.26 Å². The van der Waals surface area contributed by atoms with Crippen LogP contribution in [0.15, 0.2) is 24.3 Å². The summed E-state index contributed by atoms with van der Waals surface area (Å²) in [7, 11) is 4.06. The normalized spacial score (nSPS) is 25.4. The number of benzene rings is 1. The second-order valence-electron chi connectivity index (χ2n) is 5.97. The summed E-state index contributed by atoms with van der Waals surface area (Å²) in [5.74, 6) is 0.463. The van der Waals surface area contributed by atoms with E-state index in [2.05, 4.69) is 54.5 Å². The third-order valence-electron chi connectivity index (χ3n) is 4.72. The average Bonchev–Trinajstić information content (AvgIpc) is 2.88. The molecule has 0 saturated heterocycles. The molecule has 20 heavy (non-hydrogen) atoms. The van der Waals surface area contributed by atoms with Crippen LogP contribution >= 0.6 is 0 Å². The van der Waals surface area contributed by atoms with Crippen LogP contribution in [0.2, 0.25) is 0 Å². The highest BCUT2D eigenvalue weighted by Gasteiger charge is 2.41. The van der Waals surface area contributed by atoms with E-state index in [4.69, 9.17) is 0 Å². The molecule has 1 saturated carbocycles. The molecule has 3 nitrogen and oxygen atoms in total. The summed E-state index contributed by atoms with van der Waals surface area (Å²) in [6.45, 7) is 3.12. The van der Waals surface area contributed by atoms with Gasteiger partial charge in [0.25, 0.3) is 0 Å². The monoisotopic (exact) mass is 271 g/mol. The van der Waals surface area contributed by atoms with E-state index in [0.29, 0.717) is 5.92 Å². The van der Waals surface area contributed by atoms with Crippen molar-refractivity contribution in [3.8, 4) is 6.07 Å². The first-order valence-electron chi connectivity index (χ1n) is 7.49. The number of rotatable bonds is 5. The molecule has 108 valence electrons. The maximum Gasteiger partial charge on any atom is 0.109 e. The zero-order valence-electron chi connectivity index (χ0n) is 12.8. The summed E-state index contributed by atoms with van der Waals surface area (Å²) in [6.07, 6.45) is 4.38. The topological polar surface area (TPSA) is 39.1 Å². The van der Waals surface area contributed by atoms with E-state index >= 15 is 0 Å². The molecule has 1 aliphatic carbocycles. The van der Waals surface area contributed by atoms with E-state index in [-0.39, 0.29) is 5.54 Å². The maximum absolute atomic E-state index is 9.48. The highest BCUT2D eigenvalue weighted by molar-refractivity contribution is 5.47. The predicted molar refractivity (Wildman–Crippen MR) is 83.8 cm³/mol. The Hall–Kier alpha value is -1.53. The van der Waals surface area contributed by atoms with Gasteiger partial charge in [0.05, 0.1) is 6.07 Å². The summed E-state index contributed by atoms with van der Waals surface area (Å²) in [6, 6.07) is 11.1. The molecule has 1 aromatic carbocycles. The SMILES string of the molecule is CNC1(C#N)CCCC1CCN(C)c1cccc(C)c1. The standard InChI is InChI=1S/C17H25N3/c1-14-6-4-8-16(12-14)20(3)11-9-15-7-5-10-17(15,13-18)19-2/h4,6,8,12,15,19H,5,7,9-11H2,1-3H3. The van der Waals surface area contributed by atoms with Crippen LogP contribution in [0.5, 0.6) is 0 Å². The summed E-state index contributed by atoms with van der Waals surface area (Å²) >= 11 is 0. The van der Waals surface area contributed by atoms with Gasteiger partial charge >= 0.3 is 0 Å². The number of hydrogen-bond acceptors (Lipinski definition) is 3. The van der Waals surface area contributed by atoms with Gasteiger partial charge in [-0.15, -0.1) is 0 Å². The van der Waals surface area contributed by atoms with Crippen LogP contribution in [-0.4, -0.2) is 26.2 Å². The molecule has 2 rings (SSSR count). The molecule has 0 radical (unpaired) electrons. The lowest BCUT2D eigenvalue weighted by Gasteiger charge is -2.30. The zero-order chi connectivity index (χ0) is 14.6. The van der Waals surface area contributed by atoms with Crippen LogP contribution in [0.25, 0.3) is 0 Å². The number of nitrogens with one attached hydrogen (secondary N) is 1. The van der Waals surface area contributed by atoms with Gasteiger partial charge in [0.15, 0.2) is 0 Å². The molecular weight excluding hydrogens is 246 g/mol. The van der Waals surface area contributed by atoms with Crippen LogP contribution < -0.4 is 10.2 Å². The fourth-order valence-electron chi connectivity index (χ4n) is 3.34. The van der Waals surface area contributed by atoms with Gasteiger partial charge in [-0.2, -0.15) is 5.26 Å². The van der Waals surface area contributed by atoms with Crippen LogP contribution in [0.3, 0.4) is 0 Å². The maximum atomic E-state index is 9.48. The van der Waals surface area contributed by atoms with Crippen molar-refractivity contribution >= 4 is 5.69 Å². The first-order chi connectivity index (χ1) is 9.61. The van der Waals surface area contributed by atoms with Gasteiger partial charge in [-0.3, -0.25) is 0 Å². The number of anilines is 1. The summed E-state index contributed by atoms with van der Waals surface area (Å²) in [4.78, 5) is 2.29. The van der Waals surface area contributed by atoms with Gasteiger partial charge in [0, 0.05) is 19.3 Å². The largest absolute Gasteiger partial charge is 0.375 e. The van der Waals surface area contributed by atoms with Gasteiger partial charge in [-0.1, -0.05) is 18.6 Å². The van der Waals surface area contributed by atoms with Crippen LogP contribution in [0.4, 0.5) is 5.69 Å². The molecule has 0 heterocycles. The Labute approximate surface area is 122 Å². The van der Waals surface area contributed by atoms with E-state index in [1.807, 2.05) is 7.05 Å². The Morgan fingerprint density at radius 1 is 1.50 bits per heavy atom. The van der Waals surface area contributed by atoms with Crippen LogP contribution in [-0.2, 0) is 0 Å². The Balaban J connectivity index is 1.97. The fourth-order valence-corrected chi connectivity index (χ4v) is 3.34. The molecule has 0 aromatic heterocycles. The highest BCUT2D eigenvalue weighted by Crippen LogP contribution is 2.37. The summed E-state index contributed by atoms with van der Waals surface area (Å²) in [5, 5.41) is 12.7. The lowest BCUT2D eigenvalue weighted by molar-refractivity contribution is 0.323. The fraction of sp³-hybridized carbons (Fsp3) is 0.588. The van der Waals surface area contributed by atoms with E-state index in [1.54, 1.807) is 0 Å². The minimum Gasteiger partial charge on any atom is -0.375 e. The van der Waals surface area contributed by atoms with Crippen molar-refractivity contribution in [3.05, 3.63) is 29.8 Å². The minimum absolute atomic E-state index is 0.298. The van der Waals surface area contributed by atoms with Gasteiger partial charge in [0.2, 0.25) is 0 Å². The van der Waals surface area contributed by atoms with Gasteiger partial charge in [-0.05, 0) is 56.8 Å². The smallest absolute Gasteiger partial charge is 0.109 e. The molecular formula is C17H25N3. The molecule has 0 spiro atoms. The Bertz CT molecular complexity index is 491. The zero-order valence-corrected chi connectivity index (χ0v) is 12.8. The second kappa shape index (κ2) is 6.28. The number of aryl methyl sites for hydroxylation is 1. The molecule has 1 N–H and O–H groups in total.